The predicted octanol–water partition coefficient (Wildman–Crippen LogP) is 4.31. The van der Waals surface area contributed by atoms with Crippen molar-refractivity contribution in [2.45, 2.75) is 11.6 Å². The number of halogens is 5. The van der Waals surface area contributed by atoms with Gasteiger partial charge in [0, 0.05) is 4.47 Å². The first kappa shape index (κ1) is 13.8. The number of ether oxygens (including phenoxy) is 1. The third-order valence-electron chi connectivity index (χ3n) is 1.76. The molecule has 0 heterocycles. The number of rotatable bonds is 4. The Morgan fingerprint density at radius 3 is 2.31 bits per heavy atom. The molecule has 1 unspecified atom stereocenters. The molecule has 90 valence electrons. The van der Waals surface area contributed by atoms with Crippen LogP contribution in [0, 0.1) is 0 Å². The zero-order valence-electron chi connectivity index (χ0n) is 8.10. The fourth-order valence-electron chi connectivity index (χ4n) is 1.05. The molecular weight excluding hydrogens is 308 g/mol. The van der Waals surface area contributed by atoms with Crippen LogP contribution in [0.15, 0.2) is 28.7 Å². The monoisotopic (exact) mass is 316 g/mol. The van der Waals surface area contributed by atoms with Crippen LogP contribution in [0.25, 0.3) is 0 Å². The molecule has 0 spiro atoms. The minimum atomic E-state index is -4.31. The van der Waals surface area contributed by atoms with E-state index in [0.29, 0.717) is 0 Å². The van der Waals surface area contributed by atoms with E-state index in [0.717, 1.165) is 10.0 Å². The van der Waals surface area contributed by atoms with E-state index < -0.39 is 18.2 Å². The molecule has 0 aliphatic heterocycles. The fourth-order valence-corrected chi connectivity index (χ4v) is 1.54. The van der Waals surface area contributed by atoms with Crippen LogP contribution in [-0.2, 0) is 4.74 Å². The largest absolute Gasteiger partial charge is 0.411 e. The van der Waals surface area contributed by atoms with Gasteiger partial charge in [-0.05, 0) is 17.7 Å². The molecule has 0 aromatic heterocycles. The van der Waals surface area contributed by atoms with E-state index in [1.807, 2.05) is 0 Å². The molecule has 0 saturated carbocycles. The average Bonchev–Trinajstić information content (AvgIpc) is 2.16. The summed E-state index contributed by atoms with van der Waals surface area (Å²) < 4.78 is 40.7. The fraction of sp³-hybridized carbons (Fsp3) is 0.400. The van der Waals surface area contributed by atoms with Crippen molar-refractivity contribution >= 4 is 27.5 Å². The Morgan fingerprint density at radius 2 is 1.81 bits per heavy atom. The summed E-state index contributed by atoms with van der Waals surface area (Å²) in [6, 6.07) is 7.01. The van der Waals surface area contributed by atoms with E-state index in [9.17, 15) is 13.2 Å². The van der Waals surface area contributed by atoms with Crippen molar-refractivity contribution in [2.24, 2.45) is 0 Å². The summed E-state index contributed by atoms with van der Waals surface area (Å²) >= 11 is 9.13. The van der Waals surface area contributed by atoms with Crippen molar-refractivity contribution in [1.82, 2.24) is 0 Å². The summed E-state index contributed by atoms with van der Waals surface area (Å²) in [5.74, 6) is 0. The lowest BCUT2D eigenvalue weighted by atomic mass is 10.1. The highest BCUT2D eigenvalue weighted by molar-refractivity contribution is 9.10. The van der Waals surface area contributed by atoms with Crippen LogP contribution in [0.4, 0.5) is 13.2 Å². The van der Waals surface area contributed by atoms with Gasteiger partial charge in [0.2, 0.25) is 0 Å². The number of hydrogen-bond acceptors (Lipinski definition) is 1. The summed E-state index contributed by atoms with van der Waals surface area (Å²) in [6.45, 7) is -1.44. The van der Waals surface area contributed by atoms with Gasteiger partial charge in [0.1, 0.15) is 6.61 Å². The molecule has 1 rings (SSSR count). The standard InChI is InChI=1S/C10H9BrClF3O/c11-8-3-1-7(2-4-8)9(12)5-16-6-10(13,14)15/h1-4,9H,5-6H2. The van der Waals surface area contributed by atoms with Gasteiger partial charge in [-0.15, -0.1) is 11.6 Å². The van der Waals surface area contributed by atoms with Gasteiger partial charge >= 0.3 is 6.18 Å². The lowest BCUT2D eigenvalue weighted by Gasteiger charge is -2.12. The van der Waals surface area contributed by atoms with Gasteiger partial charge in [-0.3, -0.25) is 0 Å². The molecule has 1 aromatic rings. The molecule has 0 bridgehead atoms. The van der Waals surface area contributed by atoms with Crippen molar-refractivity contribution in [3.63, 3.8) is 0 Å². The SMILES string of the molecule is FC(F)(F)COCC(Cl)c1ccc(Br)cc1. The van der Waals surface area contributed by atoms with E-state index in [2.05, 4.69) is 20.7 Å². The van der Waals surface area contributed by atoms with Crippen LogP contribution in [0.5, 0.6) is 0 Å². The smallest absolute Gasteiger partial charge is 0.370 e. The first-order chi connectivity index (χ1) is 7.38. The minimum Gasteiger partial charge on any atom is -0.370 e. The molecule has 0 radical (unpaired) electrons. The minimum absolute atomic E-state index is 0.164. The maximum atomic E-state index is 11.8. The van der Waals surface area contributed by atoms with Crippen molar-refractivity contribution < 1.29 is 17.9 Å². The van der Waals surface area contributed by atoms with E-state index in [-0.39, 0.29) is 6.61 Å². The maximum Gasteiger partial charge on any atom is 0.411 e. The van der Waals surface area contributed by atoms with Gasteiger partial charge in [-0.1, -0.05) is 28.1 Å². The average molecular weight is 318 g/mol. The molecule has 0 aliphatic rings. The Kier molecular flexibility index (Phi) is 5.08. The zero-order chi connectivity index (χ0) is 12.2. The van der Waals surface area contributed by atoms with Gasteiger partial charge in [-0.25, -0.2) is 0 Å². The van der Waals surface area contributed by atoms with Crippen molar-refractivity contribution in [1.29, 1.82) is 0 Å². The van der Waals surface area contributed by atoms with E-state index in [1.54, 1.807) is 24.3 Å². The summed E-state index contributed by atoms with van der Waals surface area (Å²) in [6.07, 6.45) is -4.31. The van der Waals surface area contributed by atoms with E-state index >= 15 is 0 Å². The van der Waals surface area contributed by atoms with Crippen LogP contribution in [0.1, 0.15) is 10.9 Å². The second-order valence-corrected chi connectivity index (χ2v) is 4.59. The lowest BCUT2D eigenvalue weighted by molar-refractivity contribution is -0.173. The Hall–Kier alpha value is -0.260. The summed E-state index contributed by atoms with van der Waals surface area (Å²) in [5.41, 5.74) is 0.729. The van der Waals surface area contributed by atoms with Crippen LogP contribution >= 0.6 is 27.5 Å². The third-order valence-corrected chi connectivity index (χ3v) is 2.67. The second kappa shape index (κ2) is 5.89. The van der Waals surface area contributed by atoms with Crippen LogP contribution in [0.3, 0.4) is 0 Å². The Labute approximate surface area is 105 Å². The van der Waals surface area contributed by atoms with Gasteiger partial charge < -0.3 is 4.74 Å². The lowest BCUT2D eigenvalue weighted by Crippen LogP contribution is -2.18. The third kappa shape index (κ3) is 5.18. The molecule has 0 aliphatic carbocycles. The predicted molar refractivity (Wildman–Crippen MR) is 59.6 cm³/mol. The van der Waals surface area contributed by atoms with Crippen molar-refractivity contribution in [3.05, 3.63) is 34.3 Å². The van der Waals surface area contributed by atoms with Crippen molar-refractivity contribution in [2.75, 3.05) is 13.2 Å². The van der Waals surface area contributed by atoms with E-state index in [4.69, 9.17) is 11.6 Å². The van der Waals surface area contributed by atoms with Crippen LogP contribution in [-0.4, -0.2) is 19.4 Å². The van der Waals surface area contributed by atoms with E-state index in [1.165, 1.54) is 0 Å². The Balaban J connectivity index is 2.41. The number of benzene rings is 1. The quantitative estimate of drug-likeness (QED) is 0.752. The first-order valence-electron chi connectivity index (χ1n) is 4.42. The highest BCUT2D eigenvalue weighted by Crippen LogP contribution is 2.23. The molecule has 1 nitrogen and oxygen atoms in total. The van der Waals surface area contributed by atoms with Gasteiger partial charge in [-0.2, -0.15) is 13.2 Å². The van der Waals surface area contributed by atoms with Crippen molar-refractivity contribution in [3.8, 4) is 0 Å². The van der Waals surface area contributed by atoms with Gasteiger partial charge in [0.05, 0.1) is 12.0 Å². The highest BCUT2D eigenvalue weighted by atomic mass is 79.9. The molecule has 0 N–H and O–H groups in total. The molecule has 0 saturated heterocycles. The maximum absolute atomic E-state index is 11.8. The van der Waals surface area contributed by atoms with Gasteiger partial charge in [0.15, 0.2) is 0 Å². The summed E-state index contributed by atoms with van der Waals surface area (Å²) in [5, 5.41) is -0.574. The van der Waals surface area contributed by atoms with Crippen LogP contribution in [0.2, 0.25) is 0 Å². The number of alkyl halides is 4. The molecular formula is C10H9BrClF3O. The zero-order valence-corrected chi connectivity index (χ0v) is 10.4. The Morgan fingerprint density at radius 1 is 1.25 bits per heavy atom. The normalized spacial score (nSPS) is 13.8. The molecule has 1 aromatic carbocycles. The topological polar surface area (TPSA) is 9.23 Å². The highest BCUT2D eigenvalue weighted by Gasteiger charge is 2.27. The van der Waals surface area contributed by atoms with Gasteiger partial charge in [0.25, 0.3) is 0 Å². The Bertz CT molecular complexity index is 326. The summed E-state index contributed by atoms with van der Waals surface area (Å²) in [4.78, 5) is 0. The number of hydrogen-bond donors (Lipinski definition) is 0. The molecule has 1 atom stereocenters. The summed E-state index contributed by atoms with van der Waals surface area (Å²) in [7, 11) is 0. The first-order valence-corrected chi connectivity index (χ1v) is 5.65. The second-order valence-electron chi connectivity index (χ2n) is 3.15. The molecule has 0 fully saturated rings. The molecule has 6 heteroatoms. The molecule has 0 amide bonds. The van der Waals surface area contributed by atoms with Crippen LogP contribution < -0.4 is 0 Å². The molecule has 16 heavy (non-hydrogen) atoms.